The average molecular weight is 329 g/mol. The predicted molar refractivity (Wildman–Crippen MR) is 59.6 cm³/mol. The molecule has 0 saturated heterocycles. The van der Waals surface area contributed by atoms with E-state index in [9.17, 15) is 23.3 Å². The summed E-state index contributed by atoms with van der Waals surface area (Å²) in [7, 11) is 0. The van der Waals surface area contributed by atoms with Gasteiger partial charge in [-0.1, -0.05) is 12.1 Å². The lowest BCUT2D eigenvalue weighted by molar-refractivity contribution is -0.385. The first kappa shape index (κ1) is 14.9. The third-order valence-corrected chi connectivity index (χ3v) is 2.77. The van der Waals surface area contributed by atoms with E-state index in [2.05, 4.69) is 26.2 Å². The van der Waals surface area contributed by atoms with Gasteiger partial charge in [-0.05, 0) is 21.5 Å². The van der Waals surface area contributed by atoms with Crippen LogP contribution in [0, 0.1) is 10.1 Å². The van der Waals surface area contributed by atoms with Gasteiger partial charge in [0, 0.05) is 12.6 Å². The summed E-state index contributed by atoms with van der Waals surface area (Å²) in [5.41, 5.74) is 2.35. The highest BCUT2D eigenvalue weighted by molar-refractivity contribution is 9.10. The number of nitrogens with zero attached hydrogens (tertiary/aromatic N) is 1. The Kier molecular flexibility index (Phi) is 5.05. The van der Waals surface area contributed by atoms with Gasteiger partial charge in [0.2, 0.25) is 0 Å². The van der Waals surface area contributed by atoms with Crippen LogP contribution in [0.4, 0.5) is 18.9 Å². The SMILES string of the molecule is O=[N+]([O-])c1cccc(CNOCC(F)(F)F)c1Br. The maximum absolute atomic E-state index is 11.8. The second-order valence-electron chi connectivity index (χ2n) is 3.23. The number of nitro benzene ring substituents is 1. The summed E-state index contributed by atoms with van der Waals surface area (Å²) in [4.78, 5) is 14.2. The Morgan fingerprint density at radius 2 is 2.11 bits per heavy atom. The summed E-state index contributed by atoms with van der Waals surface area (Å²) < 4.78 is 35.5. The molecule has 18 heavy (non-hydrogen) atoms. The van der Waals surface area contributed by atoms with Crippen LogP contribution in [0.3, 0.4) is 0 Å². The van der Waals surface area contributed by atoms with E-state index in [-0.39, 0.29) is 16.7 Å². The second-order valence-corrected chi connectivity index (χ2v) is 4.03. The Labute approximate surface area is 108 Å². The Morgan fingerprint density at radius 3 is 2.67 bits per heavy atom. The van der Waals surface area contributed by atoms with Crippen LogP contribution in [0.5, 0.6) is 0 Å². The highest BCUT2D eigenvalue weighted by atomic mass is 79.9. The molecule has 0 aliphatic heterocycles. The molecule has 0 aromatic heterocycles. The van der Waals surface area contributed by atoms with Gasteiger partial charge in [-0.3, -0.25) is 15.0 Å². The summed E-state index contributed by atoms with van der Waals surface area (Å²) >= 11 is 3.01. The zero-order chi connectivity index (χ0) is 13.8. The number of halogens is 4. The molecule has 1 aromatic rings. The Bertz CT molecular complexity index is 440. The van der Waals surface area contributed by atoms with E-state index >= 15 is 0 Å². The van der Waals surface area contributed by atoms with Gasteiger partial charge < -0.3 is 0 Å². The molecule has 5 nitrogen and oxygen atoms in total. The molecule has 0 heterocycles. The van der Waals surface area contributed by atoms with Crippen molar-refractivity contribution in [2.24, 2.45) is 0 Å². The van der Waals surface area contributed by atoms with E-state index < -0.39 is 17.7 Å². The van der Waals surface area contributed by atoms with Gasteiger partial charge in [0.15, 0.2) is 6.61 Å². The largest absolute Gasteiger partial charge is 0.413 e. The van der Waals surface area contributed by atoms with Gasteiger partial charge in [0.25, 0.3) is 5.69 Å². The van der Waals surface area contributed by atoms with E-state index in [1.54, 1.807) is 0 Å². The molecule has 9 heteroatoms. The van der Waals surface area contributed by atoms with Crippen molar-refractivity contribution >= 4 is 21.6 Å². The molecule has 0 unspecified atom stereocenters. The van der Waals surface area contributed by atoms with Gasteiger partial charge in [0.05, 0.1) is 9.40 Å². The Balaban J connectivity index is 2.58. The molecular formula is C9H8BrF3N2O3. The zero-order valence-corrected chi connectivity index (χ0v) is 10.4. The molecule has 0 bridgehead atoms. The number of hydrogen-bond donors (Lipinski definition) is 1. The molecule has 0 radical (unpaired) electrons. The fraction of sp³-hybridized carbons (Fsp3) is 0.333. The third kappa shape index (κ3) is 4.59. The maximum atomic E-state index is 11.8. The van der Waals surface area contributed by atoms with E-state index in [1.807, 2.05) is 0 Å². The van der Waals surface area contributed by atoms with Crippen LogP contribution in [0.2, 0.25) is 0 Å². The molecule has 0 amide bonds. The van der Waals surface area contributed by atoms with Gasteiger partial charge in [0.1, 0.15) is 0 Å². The standard InChI is InChI=1S/C9H8BrF3N2O3/c10-8-6(2-1-3-7(8)15(16)17)4-14-18-5-9(11,12)13/h1-3,14H,4-5H2. The normalized spacial score (nSPS) is 11.6. The van der Waals surface area contributed by atoms with E-state index in [4.69, 9.17) is 0 Å². The van der Waals surface area contributed by atoms with Gasteiger partial charge in [-0.25, -0.2) is 0 Å². The van der Waals surface area contributed by atoms with E-state index in [0.29, 0.717) is 5.56 Å². The zero-order valence-electron chi connectivity index (χ0n) is 8.83. The number of hydrogen-bond acceptors (Lipinski definition) is 4. The molecule has 0 fully saturated rings. The number of alkyl halides is 3. The minimum Gasteiger partial charge on any atom is -0.292 e. The molecule has 0 aliphatic rings. The number of nitrogens with one attached hydrogen (secondary N) is 1. The van der Waals surface area contributed by atoms with Crippen LogP contribution in [-0.2, 0) is 11.4 Å². The molecule has 1 rings (SSSR count). The molecule has 0 spiro atoms. The first-order chi connectivity index (χ1) is 8.31. The smallest absolute Gasteiger partial charge is 0.292 e. The summed E-state index contributed by atoms with van der Waals surface area (Å²) in [5.74, 6) is 0. The average Bonchev–Trinajstić information content (AvgIpc) is 2.24. The Hall–Kier alpha value is -1.19. The molecule has 1 aromatic carbocycles. The van der Waals surface area contributed by atoms with Crippen molar-refractivity contribution in [1.82, 2.24) is 5.48 Å². The summed E-state index contributed by atoms with van der Waals surface area (Å²) in [6.45, 7) is -1.52. The molecule has 0 atom stereocenters. The van der Waals surface area contributed by atoms with E-state index in [1.165, 1.54) is 18.2 Å². The third-order valence-electron chi connectivity index (χ3n) is 1.86. The van der Waals surface area contributed by atoms with Crippen LogP contribution in [-0.4, -0.2) is 17.7 Å². The number of benzene rings is 1. The summed E-state index contributed by atoms with van der Waals surface area (Å²) in [5, 5.41) is 10.6. The van der Waals surface area contributed by atoms with Crippen molar-refractivity contribution in [3.8, 4) is 0 Å². The highest BCUT2D eigenvalue weighted by Crippen LogP contribution is 2.28. The fourth-order valence-corrected chi connectivity index (χ4v) is 1.65. The summed E-state index contributed by atoms with van der Waals surface area (Å²) in [6, 6.07) is 4.24. The molecular weight excluding hydrogens is 321 g/mol. The lowest BCUT2D eigenvalue weighted by atomic mass is 10.2. The topological polar surface area (TPSA) is 64.4 Å². The molecule has 100 valence electrons. The van der Waals surface area contributed by atoms with Crippen molar-refractivity contribution in [2.75, 3.05) is 6.61 Å². The van der Waals surface area contributed by atoms with E-state index in [0.717, 1.165) is 0 Å². The molecule has 1 N–H and O–H groups in total. The number of nitro groups is 1. The van der Waals surface area contributed by atoms with Crippen molar-refractivity contribution in [3.05, 3.63) is 38.3 Å². The van der Waals surface area contributed by atoms with Crippen LogP contribution < -0.4 is 5.48 Å². The number of rotatable bonds is 5. The van der Waals surface area contributed by atoms with Crippen LogP contribution in [0.25, 0.3) is 0 Å². The summed E-state index contributed by atoms with van der Waals surface area (Å²) in [6.07, 6.45) is -4.42. The van der Waals surface area contributed by atoms with Crippen LogP contribution in [0.1, 0.15) is 5.56 Å². The van der Waals surface area contributed by atoms with Crippen molar-refractivity contribution in [1.29, 1.82) is 0 Å². The second kappa shape index (κ2) is 6.12. The van der Waals surface area contributed by atoms with Gasteiger partial charge >= 0.3 is 6.18 Å². The first-order valence-electron chi connectivity index (χ1n) is 4.64. The fourth-order valence-electron chi connectivity index (χ4n) is 1.11. The van der Waals surface area contributed by atoms with Crippen molar-refractivity contribution in [2.45, 2.75) is 12.7 Å². The maximum Gasteiger partial charge on any atom is 0.413 e. The van der Waals surface area contributed by atoms with Crippen molar-refractivity contribution < 1.29 is 22.9 Å². The van der Waals surface area contributed by atoms with Crippen molar-refractivity contribution in [3.63, 3.8) is 0 Å². The lowest BCUT2D eigenvalue weighted by Gasteiger charge is -2.09. The first-order valence-corrected chi connectivity index (χ1v) is 5.44. The number of hydroxylamine groups is 1. The highest BCUT2D eigenvalue weighted by Gasteiger charge is 2.27. The van der Waals surface area contributed by atoms with Gasteiger partial charge in [-0.2, -0.15) is 18.7 Å². The monoisotopic (exact) mass is 328 g/mol. The minimum absolute atomic E-state index is 0.0850. The quantitative estimate of drug-likeness (QED) is 0.512. The lowest BCUT2D eigenvalue weighted by Crippen LogP contribution is -2.24. The van der Waals surface area contributed by atoms with Crippen LogP contribution >= 0.6 is 15.9 Å². The molecule has 0 aliphatic carbocycles. The molecule has 0 saturated carbocycles. The minimum atomic E-state index is -4.42. The predicted octanol–water partition coefficient (Wildman–Crippen LogP) is 2.94. The van der Waals surface area contributed by atoms with Crippen LogP contribution in [0.15, 0.2) is 22.7 Å². The van der Waals surface area contributed by atoms with Gasteiger partial charge in [-0.15, -0.1) is 0 Å². The Morgan fingerprint density at radius 1 is 1.44 bits per heavy atom.